The molecule has 0 amide bonds. The smallest absolute Gasteiger partial charge is 0.344 e. The number of hydrogen-bond donors (Lipinski definition) is 0. The van der Waals surface area contributed by atoms with Gasteiger partial charge in [0.1, 0.15) is 0 Å². The van der Waals surface area contributed by atoms with Gasteiger partial charge in [0, 0.05) is 8.97 Å². The van der Waals surface area contributed by atoms with Crippen molar-refractivity contribution in [3.05, 3.63) is 79.9 Å². The fourth-order valence-corrected chi connectivity index (χ4v) is 4.78. The molecule has 3 aromatic rings. The minimum absolute atomic E-state index is 0.294. The highest BCUT2D eigenvalue weighted by Crippen LogP contribution is 2.38. The van der Waals surface area contributed by atoms with Crippen molar-refractivity contribution in [2.45, 2.75) is 0 Å². The molecule has 0 saturated heterocycles. The average molecular weight is 626 g/mol. The Morgan fingerprint density at radius 1 is 0.818 bits per heavy atom. The van der Waals surface area contributed by atoms with Crippen LogP contribution in [-0.4, -0.2) is 0 Å². The lowest BCUT2D eigenvalue weighted by molar-refractivity contribution is 0.506. The predicted octanol–water partition coefficient (Wildman–Crippen LogP) is 6.09. The highest BCUT2D eigenvalue weighted by atomic mass is 127. The molecule has 2 aromatic carbocycles. The lowest BCUT2D eigenvalue weighted by Crippen LogP contribution is -2.03. The lowest BCUT2D eigenvalue weighted by Gasteiger charge is -2.08. The standard InChI is InChI=1S/C17H9I3O2/c18-13(10-6-2-1-3-7-10)15(20)16-14(19)11-8-4-5-9-12(11)17(21)22-16/h1-9H/b15-13+. The zero-order valence-electron chi connectivity index (χ0n) is 11.1. The molecule has 2 nitrogen and oxygen atoms in total. The third-order valence-corrected chi connectivity index (χ3v) is 7.49. The van der Waals surface area contributed by atoms with Gasteiger partial charge in [-0.15, -0.1) is 0 Å². The van der Waals surface area contributed by atoms with Gasteiger partial charge in [-0.25, -0.2) is 4.79 Å². The Bertz CT molecular complexity index is 928. The van der Waals surface area contributed by atoms with E-state index in [1.165, 1.54) is 0 Å². The van der Waals surface area contributed by atoms with Crippen LogP contribution in [0.4, 0.5) is 0 Å². The lowest BCUT2D eigenvalue weighted by atomic mass is 10.1. The quantitative estimate of drug-likeness (QED) is 0.323. The van der Waals surface area contributed by atoms with Crippen LogP contribution in [0.1, 0.15) is 11.3 Å². The largest absolute Gasteiger partial charge is 0.421 e. The SMILES string of the molecule is O=c1oc(/C(I)=C(\I)c2ccccc2)c(I)c2ccccc12. The topological polar surface area (TPSA) is 30.2 Å². The fourth-order valence-electron chi connectivity index (χ4n) is 2.12. The van der Waals surface area contributed by atoms with Gasteiger partial charge in [-0.3, -0.25) is 0 Å². The number of benzene rings is 2. The van der Waals surface area contributed by atoms with Crippen LogP contribution in [0.5, 0.6) is 0 Å². The van der Waals surface area contributed by atoms with Crippen LogP contribution < -0.4 is 5.63 Å². The summed E-state index contributed by atoms with van der Waals surface area (Å²) in [6.45, 7) is 0. The Labute approximate surface area is 168 Å². The molecule has 5 heteroatoms. The number of halogens is 3. The van der Waals surface area contributed by atoms with E-state index in [0.29, 0.717) is 11.1 Å². The molecule has 3 rings (SSSR count). The third kappa shape index (κ3) is 3.12. The van der Waals surface area contributed by atoms with E-state index in [2.05, 4.69) is 67.8 Å². The first-order chi connectivity index (χ1) is 10.6. The molecule has 0 unspecified atom stereocenters. The van der Waals surface area contributed by atoms with Crippen LogP contribution in [0.3, 0.4) is 0 Å². The Kier molecular flexibility index (Phi) is 5.23. The third-order valence-electron chi connectivity index (χ3n) is 3.20. The second-order valence-electron chi connectivity index (χ2n) is 4.57. The van der Waals surface area contributed by atoms with Gasteiger partial charge in [-0.05, 0) is 79.4 Å². The molecule has 0 fully saturated rings. The van der Waals surface area contributed by atoms with Crippen molar-refractivity contribution in [2.24, 2.45) is 0 Å². The van der Waals surface area contributed by atoms with Crippen LogP contribution in [0.25, 0.3) is 17.9 Å². The summed E-state index contributed by atoms with van der Waals surface area (Å²) < 4.78 is 8.56. The maximum absolute atomic E-state index is 12.2. The zero-order valence-corrected chi connectivity index (χ0v) is 17.6. The van der Waals surface area contributed by atoms with E-state index in [1.54, 1.807) is 6.07 Å². The molecule has 0 saturated carbocycles. The van der Waals surface area contributed by atoms with Crippen LogP contribution in [0.2, 0.25) is 0 Å². The predicted molar refractivity (Wildman–Crippen MR) is 116 cm³/mol. The minimum Gasteiger partial charge on any atom is -0.421 e. The maximum atomic E-state index is 12.2. The van der Waals surface area contributed by atoms with E-state index in [-0.39, 0.29) is 5.63 Å². The summed E-state index contributed by atoms with van der Waals surface area (Å²) in [5, 5.41) is 1.55. The molecule has 0 aliphatic rings. The monoisotopic (exact) mass is 626 g/mol. The van der Waals surface area contributed by atoms with E-state index in [0.717, 1.165) is 21.7 Å². The minimum atomic E-state index is -0.294. The number of hydrogen-bond acceptors (Lipinski definition) is 2. The summed E-state index contributed by atoms with van der Waals surface area (Å²) in [5.74, 6) is 0.637. The van der Waals surface area contributed by atoms with Gasteiger partial charge < -0.3 is 4.42 Å². The van der Waals surface area contributed by atoms with E-state index < -0.39 is 0 Å². The Balaban J connectivity index is 2.27. The fraction of sp³-hybridized carbons (Fsp3) is 0. The van der Waals surface area contributed by atoms with Crippen molar-refractivity contribution in [2.75, 3.05) is 0 Å². The van der Waals surface area contributed by atoms with Crippen LogP contribution in [0.15, 0.2) is 63.8 Å². The van der Waals surface area contributed by atoms with Gasteiger partial charge in [-0.1, -0.05) is 48.5 Å². The Hall–Kier alpha value is -0.420. The zero-order chi connectivity index (χ0) is 15.7. The summed E-state index contributed by atoms with van der Waals surface area (Å²) >= 11 is 6.79. The molecule has 110 valence electrons. The maximum Gasteiger partial charge on any atom is 0.344 e. The van der Waals surface area contributed by atoms with Crippen LogP contribution in [0, 0.1) is 3.57 Å². The molecule has 1 heterocycles. The average Bonchev–Trinajstić information content (AvgIpc) is 2.57. The van der Waals surface area contributed by atoms with Crippen molar-refractivity contribution < 1.29 is 4.42 Å². The summed E-state index contributed by atoms with van der Waals surface area (Å²) in [5.41, 5.74) is 0.816. The molecule has 0 spiro atoms. The van der Waals surface area contributed by atoms with Gasteiger partial charge in [0.25, 0.3) is 0 Å². The first-order valence-electron chi connectivity index (χ1n) is 6.42. The molecule has 0 aliphatic heterocycles. The first-order valence-corrected chi connectivity index (χ1v) is 9.65. The second kappa shape index (κ2) is 7.00. The Morgan fingerprint density at radius 3 is 2.09 bits per heavy atom. The highest BCUT2D eigenvalue weighted by Gasteiger charge is 2.16. The van der Waals surface area contributed by atoms with Crippen LogP contribution in [-0.2, 0) is 0 Å². The molecular formula is C17H9I3O2. The van der Waals surface area contributed by atoms with Gasteiger partial charge in [-0.2, -0.15) is 0 Å². The van der Waals surface area contributed by atoms with E-state index in [9.17, 15) is 4.79 Å². The first kappa shape index (κ1) is 16.4. The van der Waals surface area contributed by atoms with Crippen LogP contribution >= 0.6 is 67.8 Å². The van der Waals surface area contributed by atoms with Gasteiger partial charge in [0.2, 0.25) is 0 Å². The molecular weight excluding hydrogens is 617 g/mol. The number of rotatable bonds is 2. The molecule has 1 aromatic heterocycles. The summed E-state index contributed by atoms with van der Waals surface area (Å²) in [7, 11) is 0. The molecule has 0 bridgehead atoms. The van der Waals surface area contributed by atoms with Crippen molar-refractivity contribution in [3.63, 3.8) is 0 Å². The van der Waals surface area contributed by atoms with E-state index in [1.807, 2.05) is 48.5 Å². The van der Waals surface area contributed by atoms with Gasteiger partial charge in [0.05, 0.1) is 12.5 Å². The molecule has 0 atom stereocenters. The van der Waals surface area contributed by atoms with Gasteiger partial charge in [0.15, 0.2) is 5.76 Å². The summed E-state index contributed by atoms with van der Waals surface area (Å²) in [6, 6.07) is 17.6. The molecule has 0 N–H and O–H groups in total. The highest BCUT2D eigenvalue weighted by molar-refractivity contribution is 14.1. The molecule has 22 heavy (non-hydrogen) atoms. The van der Waals surface area contributed by atoms with E-state index >= 15 is 0 Å². The second-order valence-corrected chi connectivity index (χ2v) is 7.81. The summed E-state index contributed by atoms with van der Waals surface area (Å²) in [6.07, 6.45) is 0. The number of fused-ring (bicyclic) bond motifs is 1. The van der Waals surface area contributed by atoms with E-state index in [4.69, 9.17) is 4.42 Å². The molecule has 0 aliphatic carbocycles. The van der Waals surface area contributed by atoms with Crippen molar-refractivity contribution in [1.29, 1.82) is 0 Å². The van der Waals surface area contributed by atoms with Crippen molar-refractivity contribution >= 4 is 85.7 Å². The summed E-state index contributed by atoms with van der Waals surface area (Å²) in [4.78, 5) is 12.2. The normalized spacial score (nSPS) is 12.3. The van der Waals surface area contributed by atoms with Crippen molar-refractivity contribution in [1.82, 2.24) is 0 Å². The van der Waals surface area contributed by atoms with Crippen molar-refractivity contribution in [3.8, 4) is 0 Å². The Morgan fingerprint density at radius 2 is 1.41 bits per heavy atom. The van der Waals surface area contributed by atoms with Gasteiger partial charge >= 0.3 is 5.63 Å². The molecule has 0 radical (unpaired) electrons.